The minimum absolute atomic E-state index is 0.0555. The number of hydrogen-bond acceptors (Lipinski definition) is 4. The van der Waals surface area contributed by atoms with Gasteiger partial charge in [-0.3, -0.25) is 14.5 Å². The van der Waals surface area contributed by atoms with Crippen LogP contribution in [0.2, 0.25) is 0 Å². The van der Waals surface area contributed by atoms with E-state index in [9.17, 15) is 9.59 Å². The fourth-order valence-corrected chi connectivity index (χ4v) is 4.25. The molecule has 3 saturated heterocycles. The maximum absolute atomic E-state index is 12.9. The highest BCUT2D eigenvalue weighted by atomic mass is 16.5. The molecule has 0 radical (unpaired) electrons. The molecule has 6 nitrogen and oxygen atoms in total. The van der Waals surface area contributed by atoms with E-state index < -0.39 is 0 Å². The van der Waals surface area contributed by atoms with Crippen molar-refractivity contribution in [1.29, 1.82) is 0 Å². The van der Waals surface area contributed by atoms with E-state index in [4.69, 9.17) is 4.74 Å². The van der Waals surface area contributed by atoms with Crippen LogP contribution in [-0.4, -0.2) is 66.5 Å². The largest absolute Gasteiger partial charge is 0.368 e. The Balaban J connectivity index is 1.38. The van der Waals surface area contributed by atoms with Crippen LogP contribution in [0.15, 0.2) is 24.3 Å². The molecule has 4 rings (SSSR count). The van der Waals surface area contributed by atoms with Crippen molar-refractivity contribution in [2.45, 2.75) is 44.2 Å². The summed E-state index contributed by atoms with van der Waals surface area (Å²) in [6.07, 6.45) is 4.92. The SMILES string of the molecule is O=C(Nc1cccc(C(=O)N2CCC(N3CCCC3)C2)c1)C1CCCO1. The third-order valence-electron chi connectivity index (χ3n) is 5.71. The van der Waals surface area contributed by atoms with Crippen LogP contribution >= 0.6 is 0 Å². The molecule has 6 heteroatoms. The normalized spacial score (nSPS) is 26.4. The Morgan fingerprint density at radius 2 is 1.92 bits per heavy atom. The molecule has 0 aromatic heterocycles. The standard InChI is InChI=1S/C20H27N3O3/c24-19(18-7-4-12-26-18)21-16-6-3-5-15(13-16)20(25)23-11-8-17(14-23)22-9-1-2-10-22/h3,5-6,13,17-18H,1-2,4,7-12,14H2,(H,21,24). The van der Waals surface area contributed by atoms with Gasteiger partial charge in [0.05, 0.1) is 0 Å². The van der Waals surface area contributed by atoms with Crippen LogP contribution in [0.5, 0.6) is 0 Å². The zero-order valence-electron chi connectivity index (χ0n) is 15.2. The first kappa shape index (κ1) is 17.5. The summed E-state index contributed by atoms with van der Waals surface area (Å²) in [4.78, 5) is 29.5. The number of nitrogens with zero attached hydrogens (tertiary/aromatic N) is 2. The van der Waals surface area contributed by atoms with Gasteiger partial charge in [0.1, 0.15) is 6.10 Å². The van der Waals surface area contributed by atoms with Gasteiger partial charge in [0, 0.05) is 37.0 Å². The minimum atomic E-state index is -0.367. The lowest BCUT2D eigenvalue weighted by Gasteiger charge is -2.23. The summed E-state index contributed by atoms with van der Waals surface area (Å²) in [5, 5.41) is 2.88. The Kier molecular flexibility index (Phi) is 5.22. The van der Waals surface area contributed by atoms with Gasteiger partial charge in [-0.1, -0.05) is 6.07 Å². The maximum Gasteiger partial charge on any atom is 0.253 e. The smallest absolute Gasteiger partial charge is 0.253 e. The molecule has 1 N–H and O–H groups in total. The molecule has 0 spiro atoms. The van der Waals surface area contributed by atoms with Gasteiger partial charge in [-0.2, -0.15) is 0 Å². The molecule has 0 bridgehead atoms. The number of likely N-dealkylation sites (tertiary alicyclic amines) is 2. The first-order valence-electron chi connectivity index (χ1n) is 9.76. The Morgan fingerprint density at radius 3 is 2.69 bits per heavy atom. The van der Waals surface area contributed by atoms with Crippen molar-refractivity contribution in [3.05, 3.63) is 29.8 Å². The topological polar surface area (TPSA) is 61.9 Å². The molecule has 1 aromatic rings. The van der Waals surface area contributed by atoms with Crippen molar-refractivity contribution in [3.63, 3.8) is 0 Å². The summed E-state index contributed by atoms with van der Waals surface area (Å²) < 4.78 is 5.41. The summed E-state index contributed by atoms with van der Waals surface area (Å²) in [6, 6.07) is 7.75. The number of ether oxygens (including phenoxy) is 1. The molecule has 3 aliphatic heterocycles. The average molecular weight is 357 g/mol. The number of carbonyl (C=O) groups is 2. The molecule has 26 heavy (non-hydrogen) atoms. The van der Waals surface area contributed by atoms with Gasteiger partial charge in [0.15, 0.2) is 0 Å². The van der Waals surface area contributed by atoms with Crippen molar-refractivity contribution in [2.24, 2.45) is 0 Å². The molecule has 0 aliphatic carbocycles. The van der Waals surface area contributed by atoms with E-state index in [1.807, 2.05) is 23.1 Å². The molecule has 3 aliphatic rings. The highest BCUT2D eigenvalue weighted by molar-refractivity contribution is 5.98. The predicted molar refractivity (Wildman–Crippen MR) is 99.2 cm³/mol. The van der Waals surface area contributed by atoms with Crippen molar-refractivity contribution in [1.82, 2.24) is 9.80 Å². The Labute approximate surface area is 154 Å². The third kappa shape index (κ3) is 3.76. The maximum atomic E-state index is 12.9. The van der Waals surface area contributed by atoms with Crippen LogP contribution in [0.4, 0.5) is 5.69 Å². The highest BCUT2D eigenvalue weighted by Crippen LogP contribution is 2.23. The molecule has 140 valence electrons. The zero-order chi connectivity index (χ0) is 17.9. The molecule has 0 saturated carbocycles. The number of benzene rings is 1. The van der Waals surface area contributed by atoms with Crippen LogP contribution in [0.25, 0.3) is 0 Å². The van der Waals surface area contributed by atoms with Gasteiger partial charge in [0.25, 0.3) is 11.8 Å². The lowest BCUT2D eigenvalue weighted by atomic mass is 10.1. The Hall–Kier alpha value is -1.92. The van der Waals surface area contributed by atoms with Crippen molar-refractivity contribution >= 4 is 17.5 Å². The molecular weight excluding hydrogens is 330 g/mol. The van der Waals surface area contributed by atoms with E-state index in [0.717, 1.165) is 45.4 Å². The van der Waals surface area contributed by atoms with Crippen molar-refractivity contribution in [3.8, 4) is 0 Å². The predicted octanol–water partition coefficient (Wildman–Crippen LogP) is 2.11. The highest BCUT2D eigenvalue weighted by Gasteiger charge is 2.32. The summed E-state index contributed by atoms with van der Waals surface area (Å²) >= 11 is 0. The first-order valence-corrected chi connectivity index (χ1v) is 9.76. The van der Waals surface area contributed by atoms with Gasteiger partial charge in [-0.25, -0.2) is 0 Å². The average Bonchev–Trinajstić information content (AvgIpc) is 3.43. The fourth-order valence-electron chi connectivity index (χ4n) is 4.25. The van der Waals surface area contributed by atoms with Gasteiger partial charge in [0.2, 0.25) is 0 Å². The van der Waals surface area contributed by atoms with Gasteiger partial charge in [-0.05, 0) is 63.4 Å². The van der Waals surface area contributed by atoms with Gasteiger partial charge < -0.3 is 15.0 Å². The van der Waals surface area contributed by atoms with E-state index in [1.165, 1.54) is 12.8 Å². The van der Waals surface area contributed by atoms with E-state index in [0.29, 0.717) is 23.9 Å². The van der Waals surface area contributed by atoms with Crippen LogP contribution in [0.1, 0.15) is 42.5 Å². The lowest BCUT2D eigenvalue weighted by Crippen LogP contribution is -2.37. The van der Waals surface area contributed by atoms with Crippen molar-refractivity contribution < 1.29 is 14.3 Å². The number of nitrogens with one attached hydrogen (secondary N) is 1. The number of carbonyl (C=O) groups excluding carboxylic acids is 2. The minimum Gasteiger partial charge on any atom is -0.368 e. The second kappa shape index (κ2) is 7.76. The van der Waals surface area contributed by atoms with Crippen LogP contribution < -0.4 is 5.32 Å². The number of amides is 2. The molecule has 2 unspecified atom stereocenters. The number of rotatable bonds is 4. The fraction of sp³-hybridized carbons (Fsp3) is 0.600. The van der Waals surface area contributed by atoms with E-state index in [2.05, 4.69) is 10.2 Å². The van der Waals surface area contributed by atoms with Crippen LogP contribution in [0, 0.1) is 0 Å². The monoisotopic (exact) mass is 357 g/mol. The van der Waals surface area contributed by atoms with E-state index in [1.54, 1.807) is 6.07 Å². The van der Waals surface area contributed by atoms with Crippen LogP contribution in [-0.2, 0) is 9.53 Å². The lowest BCUT2D eigenvalue weighted by molar-refractivity contribution is -0.124. The number of anilines is 1. The van der Waals surface area contributed by atoms with Crippen LogP contribution in [0.3, 0.4) is 0 Å². The molecule has 2 atom stereocenters. The molecule has 1 aromatic carbocycles. The van der Waals surface area contributed by atoms with E-state index >= 15 is 0 Å². The Bertz CT molecular complexity index is 666. The Morgan fingerprint density at radius 1 is 1.08 bits per heavy atom. The number of hydrogen-bond donors (Lipinski definition) is 1. The second-order valence-corrected chi connectivity index (χ2v) is 7.51. The summed E-state index contributed by atoms with van der Waals surface area (Å²) in [5.41, 5.74) is 1.30. The quantitative estimate of drug-likeness (QED) is 0.897. The molecule has 3 fully saturated rings. The second-order valence-electron chi connectivity index (χ2n) is 7.51. The first-order chi connectivity index (χ1) is 12.7. The zero-order valence-corrected chi connectivity index (χ0v) is 15.2. The van der Waals surface area contributed by atoms with E-state index in [-0.39, 0.29) is 17.9 Å². The van der Waals surface area contributed by atoms with Gasteiger partial charge >= 0.3 is 0 Å². The molecule has 2 amide bonds. The molecular formula is C20H27N3O3. The third-order valence-corrected chi connectivity index (χ3v) is 5.71. The summed E-state index contributed by atoms with van der Waals surface area (Å²) in [6.45, 7) is 4.59. The molecule has 3 heterocycles. The summed E-state index contributed by atoms with van der Waals surface area (Å²) in [5.74, 6) is -0.0673. The summed E-state index contributed by atoms with van der Waals surface area (Å²) in [7, 11) is 0. The van der Waals surface area contributed by atoms with Crippen molar-refractivity contribution in [2.75, 3.05) is 38.1 Å². The van der Waals surface area contributed by atoms with Gasteiger partial charge in [-0.15, -0.1) is 0 Å².